The van der Waals surface area contributed by atoms with Crippen molar-refractivity contribution in [1.82, 2.24) is 0 Å². The molecule has 0 aliphatic carbocycles. The molecule has 0 amide bonds. The van der Waals surface area contributed by atoms with Gasteiger partial charge in [0.2, 0.25) is 0 Å². The van der Waals surface area contributed by atoms with E-state index in [-0.39, 0.29) is 11.3 Å². The molecule has 1 aromatic heterocycles. The van der Waals surface area contributed by atoms with Gasteiger partial charge in [-0.15, -0.1) is 11.3 Å². The Morgan fingerprint density at radius 1 is 1.36 bits per heavy atom. The quantitative estimate of drug-likeness (QED) is 0.781. The van der Waals surface area contributed by atoms with Crippen molar-refractivity contribution in [3.8, 4) is 5.75 Å². The van der Waals surface area contributed by atoms with E-state index in [2.05, 4.69) is 0 Å². The van der Waals surface area contributed by atoms with Crippen LogP contribution in [0.3, 0.4) is 0 Å². The first-order valence-electron chi connectivity index (χ1n) is 3.78. The van der Waals surface area contributed by atoms with Crippen molar-refractivity contribution in [3.05, 3.63) is 26.6 Å². The first-order chi connectivity index (χ1) is 6.59. The Morgan fingerprint density at radius 3 is 2.71 bits per heavy atom. The predicted molar refractivity (Wildman–Crippen MR) is 61.2 cm³/mol. The molecule has 0 saturated heterocycles. The van der Waals surface area contributed by atoms with Gasteiger partial charge in [-0.1, -0.05) is 6.07 Å². The Bertz CT molecular complexity index is 481. The molecule has 0 atom stereocenters. The van der Waals surface area contributed by atoms with Crippen molar-refractivity contribution in [2.45, 2.75) is 6.43 Å². The number of thiophene rings is 1. The molecule has 1 aromatic carbocycles. The Labute approximate surface area is 96.5 Å². The summed E-state index contributed by atoms with van der Waals surface area (Å²) < 4.78 is 26.3. The molecule has 0 saturated carbocycles. The number of fused-ring (bicyclic) bond motifs is 1. The SMILES string of the molecule is Oc1c(I)sc2ccc(C(F)F)cc12. The topological polar surface area (TPSA) is 20.2 Å². The Kier molecular flexibility index (Phi) is 2.61. The molecular weight excluding hydrogens is 321 g/mol. The molecule has 0 fully saturated rings. The summed E-state index contributed by atoms with van der Waals surface area (Å²) in [6.07, 6.45) is -2.49. The summed E-state index contributed by atoms with van der Waals surface area (Å²) in [6.45, 7) is 0. The number of benzene rings is 1. The van der Waals surface area contributed by atoms with Gasteiger partial charge in [0.1, 0.15) is 8.63 Å². The molecule has 0 aliphatic rings. The van der Waals surface area contributed by atoms with Crippen LogP contribution in [0, 0.1) is 2.88 Å². The Hall–Kier alpha value is -0.430. The van der Waals surface area contributed by atoms with Crippen LogP contribution in [-0.2, 0) is 0 Å². The maximum atomic E-state index is 12.4. The molecule has 0 bridgehead atoms. The average molecular weight is 326 g/mol. The van der Waals surface area contributed by atoms with E-state index in [4.69, 9.17) is 0 Å². The number of aromatic hydroxyl groups is 1. The summed E-state index contributed by atoms with van der Waals surface area (Å²) >= 11 is 3.38. The van der Waals surface area contributed by atoms with Crippen molar-refractivity contribution < 1.29 is 13.9 Å². The molecule has 74 valence electrons. The third-order valence-corrected chi connectivity index (χ3v) is 4.02. The van der Waals surface area contributed by atoms with E-state index in [0.29, 0.717) is 5.39 Å². The minimum Gasteiger partial charge on any atom is -0.505 e. The molecule has 1 heterocycles. The normalized spacial score (nSPS) is 11.4. The predicted octanol–water partition coefficient (Wildman–Crippen LogP) is 4.15. The second-order valence-electron chi connectivity index (χ2n) is 2.78. The van der Waals surface area contributed by atoms with Crippen LogP contribution >= 0.6 is 33.9 Å². The summed E-state index contributed by atoms with van der Waals surface area (Å²) in [6, 6.07) is 4.34. The zero-order chi connectivity index (χ0) is 10.3. The van der Waals surface area contributed by atoms with E-state index in [1.165, 1.54) is 23.5 Å². The van der Waals surface area contributed by atoms with Gasteiger partial charge < -0.3 is 5.11 Å². The fourth-order valence-electron chi connectivity index (χ4n) is 1.21. The van der Waals surface area contributed by atoms with Crippen LogP contribution in [0.15, 0.2) is 18.2 Å². The molecule has 0 spiro atoms. The van der Waals surface area contributed by atoms with Gasteiger partial charge in [-0.2, -0.15) is 0 Å². The second kappa shape index (κ2) is 3.62. The number of halogens is 3. The van der Waals surface area contributed by atoms with Crippen molar-refractivity contribution in [2.24, 2.45) is 0 Å². The first kappa shape index (κ1) is 10.1. The van der Waals surface area contributed by atoms with Crippen LogP contribution < -0.4 is 0 Å². The summed E-state index contributed by atoms with van der Waals surface area (Å²) in [7, 11) is 0. The largest absolute Gasteiger partial charge is 0.505 e. The van der Waals surface area contributed by atoms with Gasteiger partial charge in [0.25, 0.3) is 6.43 Å². The van der Waals surface area contributed by atoms with Crippen LogP contribution in [0.4, 0.5) is 8.78 Å². The van der Waals surface area contributed by atoms with Gasteiger partial charge in [-0.25, -0.2) is 8.78 Å². The van der Waals surface area contributed by atoms with Crippen LogP contribution in [0.25, 0.3) is 10.1 Å². The molecule has 1 N–H and O–H groups in total. The molecule has 0 radical (unpaired) electrons. The molecule has 2 rings (SSSR count). The van der Waals surface area contributed by atoms with Crippen LogP contribution in [0.2, 0.25) is 0 Å². The third-order valence-electron chi connectivity index (χ3n) is 1.90. The summed E-state index contributed by atoms with van der Waals surface area (Å²) in [5.74, 6) is 0.105. The van der Waals surface area contributed by atoms with Crippen molar-refractivity contribution in [3.63, 3.8) is 0 Å². The van der Waals surface area contributed by atoms with Crippen LogP contribution in [0.1, 0.15) is 12.0 Å². The molecule has 5 heteroatoms. The number of hydrogen-bond donors (Lipinski definition) is 1. The van der Waals surface area contributed by atoms with Crippen molar-refractivity contribution >= 4 is 44.0 Å². The average Bonchev–Trinajstić information content (AvgIpc) is 2.43. The standard InChI is InChI=1S/C9H5F2IOS/c10-8(11)4-1-2-6-5(3-4)7(13)9(12)14-6/h1-3,8,13H. The summed E-state index contributed by atoms with van der Waals surface area (Å²) in [5.41, 5.74) is -0.0537. The smallest absolute Gasteiger partial charge is 0.263 e. The molecule has 0 unspecified atom stereocenters. The van der Waals surface area contributed by atoms with Gasteiger partial charge in [0, 0.05) is 15.6 Å². The van der Waals surface area contributed by atoms with Crippen molar-refractivity contribution in [1.29, 1.82) is 0 Å². The highest BCUT2D eigenvalue weighted by atomic mass is 127. The number of alkyl halides is 2. The molecule has 14 heavy (non-hydrogen) atoms. The summed E-state index contributed by atoms with van der Waals surface area (Å²) in [5, 5.41) is 10.1. The van der Waals surface area contributed by atoms with E-state index >= 15 is 0 Å². The minimum atomic E-state index is -2.49. The highest BCUT2D eigenvalue weighted by molar-refractivity contribution is 14.1. The van der Waals surface area contributed by atoms with Gasteiger partial charge in [0.05, 0.1) is 0 Å². The molecule has 2 aromatic rings. The molecule has 1 nitrogen and oxygen atoms in total. The van der Waals surface area contributed by atoms with Gasteiger partial charge in [-0.3, -0.25) is 0 Å². The lowest BCUT2D eigenvalue weighted by Gasteiger charge is -1.98. The van der Waals surface area contributed by atoms with E-state index in [0.717, 1.165) is 7.58 Å². The van der Waals surface area contributed by atoms with E-state index < -0.39 is 6.43 Å². The van der Waals surface area contributed by atoms with Crippen LogP contribution in [0.5, 0.6) is 5.75 Å². The number of rotatable bonds is 1. The zero-order valence-electron chi connectivity index (χ0n) is 6.80. The van der Waals surface area contributed by atoms with E-state index in [9.17, 15) is 13.9 Å². The zero-order valence-corrected chi connectivity index (χ0v) is 9.77. The Balaban J connectivity index is 2.69. The Morgan fingerprint density at radius 2 is 2.07 bits per heavy atom. The van der Waals surface area contributed by atoms with Gasteiger partial charge in [-0.05, 0) is 34.7 Å². The minimum absolute atomic E-state index is 0.0537. The lowest BCUT2D eigenvalue weighted by Crippen LogP contribution is -1.81. The maximum absolute atomic E-state index is 12.4. The van der Waals surface area contributed by atoms with Gasteiger partial charge >= 0.3 is 0 Å². The second-order valence-corrected chi connectivity index (χ2v) is 5.64. The number of hydrogen-bond acceptors (Lipinski definition) is 2. The van der Waals surface area contributed by atoms with E-state index in [1.807, 2.05) is 22.6 Å². The maximum Gasteiger partial charge on any atom is 0.263 e. The van der Waals surface area contributed by atoms with Gasteiger partial charge in [0.15, 0.2) is 0 Å². The highest BCUT2D eigenvalue weighted by Crippen LogP contribution is 2.39. The molecular formula is C9H5F2IOS. The summed E-state index contributed by atoms with van der Waals surface area (Å²) in [4.78, 5) is 0. The van der Waals surface area contributed by atoms with Crippen LogP contribution in [-0.4, -0.2) is 5.11 Å². The van der Waals surface area contributed by atoms with E-state index in [1.54, 1.807) is 6.07 Å². The lowest BCUT2D eigenvalue weighted by molar-refractivity contribution is 0.151. The highest BCUT2D eigenvalue weighted by Gasteiger charge is 2.12. The monoisotopic (exact) mass is 326 g/mol. The lowest BCUT2D eigenvalue weighted by atomic mass is 10.2. The van der Waals surface area contributed by atoms with Crippen molar-refractivity contribution in [2.75, 3.05) is 0 Å². The third kappa shape index (κ3) is 1.58. The first-order valence-corrected chi connectivity index (χ1v) is 5.68. The fourth-order valence-corrected chi connectivity index (χ4v) is 3.01. The fraction of sp³-hybridized carbons (Fsp3) is 0.111. The molecule has 0 aliphatic heterocycles.